The summed E-state index contributed by atoms with van der Waals surface area (Å²) in [5.74, 6) is 1.01. The van der Waals surface area contributed by atoms with Gasteiger partial charge in [0.15, 0.2) is 0 Å². The number of rotatable bonds is 3. The molecule has 0 spiro atoms. The molecule has 2 unspecified atom stereocenters. The Morgan fingerprint density at radius 1 is 1.12 bits per heavy atom. The van der Waals surface area contributed by atoms with Crippen LogP contribution >= 0.6 is 12.4 Å². The fourth-order valence-corrected chi connectivity index (χ4v) is 3.93. The predicted octanol–water partition coefficient (Wildman–Crippen LogP) is 3.45. The molecule has 4 rings (SSSR count). The summed E-state index contributed by atoms with van der Waals surface area (Å²) in [4.78, 5) is 15.2. The van der Waals surface area contributed by atoms with Crippen molar-refractivity contribution in [3.8, 4) is 5.75 Å². The average molecular weight is 359 g/mol. The first-order valence-electron chi connectivity index (χ1n) is 8.39. The molecular weight excluding hydrogens is 336 g/mol. The van der Waals surface area contributed by atoms with Gasteiger partial charge in [-0.1, -0.05) is 36.4 Å². The Bertz CT molecular complexity index is 806. The van der Waals surface area contributed by atoms with Crippen molar-refractivity contribution < 1.29 is 9.53 Å². The van der Waals surface area contributed by atoms with Crippen LogP contribution in [0.5, 0.6) is 5.75 Å². The molecule has 0 aliphatic carbocycles. The van der Waals surface area contributed by atoms with E-state index in [1.807, 2.05) is 62.2 Å². The van der Waals surface area contributed by atoms with E-state index in [0.29, 0.717) is 6.54 Å². The third-order valence-corrected chi connectivity index (χ3v) is 5.14. The first kappa shape index (κ1) is 17.8. The van der Waals surface area contributed by atoms with Crippen LogP contribution in [0.25, 0.3) is 0 Å². The number of carbonyl (C=O) groups is 1. The summed E-state index contributed by atoms with van der Waals surface area (Å²) < 4.78 is 6.15. The lowest BCUT2D eigenvalue weighted by Crippen LogP contribution is -2.45. The van der Waals surface area contributed by atoms with Crippen LogP contribution in [0, 0.1) is 0 Å². The predicted molar refractivity (Wildman–Crippen MR) is 102 cm³/mol. The lowest BCUT2D eigenvalue weighted by atomic mass is 9.86. The highest BCUT2D eigenvalue weighted by Crippen LogP contribution is 2.49. The minimum Gasteiger partial charge on any atom is -0.486 e. The highest BCUT2D eigenvalue weighted by molar-refractivity contribution is 6.08. The molecule has 2 aromatic rings. The molecule has 132 valence electrons. The molecule has 2 aliphatic rings. The SMILES string of the molecule is CNCC1Oc2ccccc2C1N1C(=O)C(C)(C)c2ccccc21.Cl. The van der Waals surface area contributed by atoms with Crippen molar-refractivity contribution in [3.63, 3.8) is 0 Å². The molecule has 0 radical (unpaired) electrons. The fraction of sp³-hybridized carbons (Fsp3) is 0.350. The summed E-state index contributed by atoms with van der Waals surface area (Å²) in [6.07, 6.45) is -0.0988. The van der Waals surface area contributed by atoms with Crippen molar-refractivity contribution in [3.05, 3.63) is 59.7 Å². The lowest BCUT2D eigenvalue weighted by Gasteiger charge is -2.30. The van der Waals surface area contributed by atoms with Crippen LogP contribution in [0.1, 0.15) is 31.0 Å². The van der Waals surface area contributed by atoms with Gasteiger partial charge in [0.1, 0.15) is 17.9 Å². The van der Waals surface area contributed by atoms with Crippen molar-refractivity contribution >= 4 is 24.0 Å². The van der Waals surface area contributed by atoms with Crippen LogP contribution < -0.4 is 15.0 Å². The molecule has 25 heavy (non-hydrogen) atoms. The minimum atomic E-state index is -0.516. The number of nitrogens with one attached hydrogen (secondary N) is 1. The van der Waals surface area contributed by atoms with Crippen molar-refractivity contribution in [2.75, 3.05) is 18.5 Å². The molecule has 1 amide bonds. The van der Waals surface area contributed by atoms with E-state index in [1.54, 1.807) is 0 Å². The van der Waals surface area contributed by atoms with Crippen LogP contribution in [-0.2, 0) is 10.2 Å². The highest BCUT2D eigenvalue weighted by Gasteiger charge is 2.50. The fourth-order valence-electron chi connectivity index (χ4n) is 3.93. The summed E-state index contributed by atoms with van der Waals surface area (Å²) >= 11 is 0. The molecule has 0 aromatic heterocycles. The van der Waals surface area contributed by atoms with Gasteiger partial charge in [-0.05, 0) is 38.6 Å². The van der Waals surface area contributed by atoms with E-state index < -0.39 is 5.41 Å². The first-order chi connectivity index (χ1) is 11.6. The number of likely N-dealkylation sites (N-methyl/N-ethyl adjacent to an activating group) is 1. The monoisotopic (exact) mass is 358 g/mol. The molecule has 5 heteroatoms. The Balaban J connectivity index is 0.00000182. The van der Waals surface area contributed by atoms with Crippen LogP contribution in [0.2, 0.25) is 0 Å². The molecule has 2 atom stereocenters. The van der Waals surface area contributed by atoms with Crippen LogP contribution in [0.15, 0.2) is 48.5 Å². The number of amides is 1. The van der Waals surface area contributed by atoms with E-state index in [0.717, 1.165) is 22.6 Å². The molecule has 0 saturated heterocycles. The number of hydrogen-bond acceptors (Lipinski definition) is 3. The van der Waals surface area contributed by atoms with Crippen LogP contribution in [0.4, 0.5) is 5.69 Å². The van der Waals surface area contributed by atoms with Gasteiger partial charge < -0.3 is 10.1 Å². The first-order valence-corrected chi connectivity index (χ1v) is 8.39. The van der Waals surface area contributed by atoms with E-state index in [2.05, 4.69) is 17.4 Å². The number of hydrogen-bond donors (Lipinski definition) is 1. The summed E-state index contributed by atoms with van der Waals surface area (Å²) in [7, 11) is 1.91. The second kappa shape index (κ2) is 6.36. The van der Waals surface area contributed by atoms with Gasteiger partial charge in [-0.25, -0.2) is 0 Å². The molecule has 2 aromatic carbocycles. The van der Waals surface area contributed by atoms with Crippen LogP contribution in [-0.4, -0.2) is 25.6 Å². The zero-order valence-corrected chi connectivity index (χ0v) is 15.5. The third-order valence-electron chi connectivity index (χ3n) is 5.14. The van der Waals surface area contributed by atoms with Gasteiger partial charge in [-0.3, -0.25) is 9.69 Å². The molecule has 2 heterocycles. The van der Waals surface area contributed by atoms with Gasteiger partial charge in [0.05, 0.1) is 5.41 Å². The zero-order chi connectivity index (χ0) is 16.9. The Hall–Kier alpha value is -2.04. The maximum absolute atomic E-state index is 13.3. The van der Waals surface area contributed by atoms with Crippen molar-refractivity contribution in [1.29, 1.82) is 0 Å². The molecular formula is C20H23ClN2O2. The topological polar surface area (TPSA) is 41.6 Å². The maximum Gasteiger partial charge on any atom is 0.237 e. The quantitative estimate of drug-likeness (QED) is 0.913. The van der Waals surface area contributed by atoms with E-state index in [9.17, 15) is 4.79 Å². The Morgan fingerprint density at radius 3 is 2.56 bits per heavy atom. The van der Waals surface area contributed by atoms with Gasteiger partial charge in [0.25, 0.3) is 0 Å². The summed E-state index contributed by atoms with van der Waals surface area (Å²) in [5.41, 5.74) is 2.65. The number of anilines is 1. The van der Waals surface area contributed by atoms with Gasteiger partial charge in [-0.2, -0.15) is 0 Å². The standard InChI is InChI=1S/C20H22N2O2.ClH/c1-20(2)14-9-5-6-10-15(14)22(19(20)23)18-13-8-4-7-11-16(13)24-17(18)12-21-3;/h4-11,17-18,21H,12H2,1-3H3;1H. The molecule has 0 bridgehead atoms. The normalized spacial score (nSPS) is 22.8. The Kier molecular flexibility index (Phi) is 4.52. The number of para-hydroxylation sites is 2. The van der Waals surface area contributed by atoms with Crippen LogP contribution in [0.3, 0.4) is 0 Å². The van der Waals surface area contributed by atoms with Crippen molar-refractivity contribution in [1.82, 2.24) is 5.32 Å². The smallest absolute Gasteiger partial charge is 0.237 e. The molecule has 4 nitrogen and oxygen atoms in total. The number of nitrogens with zero attached hydrogens (tertiary/aromatic N) is 1. The summed E-state index contributed by atoms with van der Waals surface area (Å²) in [5, 5.41) is 3.19. The Morgan fingerprint density at radius 2 is 1.80 bits per heavy atom. The van der Waals surface area contributed by atoms with E-state index in [-0.39, 0.29) is 30.5 Å². The largest absolute Gasteiger partial charge is 0.486 e. The summed E-state index contributed by atoms with van der Waals surface area (Å²) in [6.45, 7) is 4.69. The zero-order valence-electron chi connectivity index (χ0n) is 14.7. The molecule has 1 N–H and O–H groups in total. The van der Waals surface area contributed by atoms with Gasteiger partial charge >= 0.3 is 0 Å². The number of fused-ring (bicyclic) bond motifs is 2. The van der Waals surface area contributed by atoms with E-state index in [1.165, 1.54) is 0 Å². The molecule has 0 fully saturated rings. The second-order valence-corrected chi connectivity index (χ2v) is 7.01. The maximum atomic E-state index is 13.3. The van der Waals surface area contributed by atoms with Crippen molar-refractivity contribution in [2.24, 2.45) is 0 Å². The highest BCUT2D eigenvalue weighted by atomic mass is 35.5. The average Bonchev–Trinajstić information content (AvgIpc) is 3.02. The summed E-state index contributed by atoms with van der Waals surface area (Å²) in [6, 6.07) is 16.0. The number of ether oxygens (including phenoxy) is 1. The van der Waals surface area contributed by atoms with Gasteiger partial charge in [0, 0.05) is 17.8 Å². The van der Waals surface area contributed by atoms with Gasteiger partial charge in [-0.15, -0.1) is 12.4 Å². The number of halogens is 1. The Labute approximate surface area is 154 Å². The molecule has 0 saturated carbocycles. The van der Waals surface area contributed by atoms with Crippen molar-refractivity contribution in [2.45, 2.75) is 31.4 Å². The molecule has 2 aliphatic heterocycles. The number of carbonyl (C=O) groups excluding carboxylic acids is 1. The number of benzene rings is 2. The lowest BCUT2D eigenvalue weighted by molar-refractivity contribution is -0.122. The van der Waals surface area contributed by atoms with E-state index >= 15 is 0 Å². The van der Waals surface area contributed by atoms with Gasteiger partial charge in [0.2, 0.25) is 5.91 Å². The third kappa shape index (κ3) is 2.52. The minimum absolute atomic E-state index is 0. The second-order valence-electron chi connectivity index (χ2n) is 7.01. The van der Waals surface area contributed by atoms with E-state index in [4.69, 9.17) is 4.74 Å².